The first-order valence-corrected chi connectivity index (χ1v) is 4.30. The van der Waals surface area contributed by atoms with Crippen molar-refractivity contribution in [1.29, 1.82) is 0 Å². The first-order valence-electron chi connectivity index (χ1n) is 4.30. The number of carbonyl (C=O) groups excluding carboxylic acids is 1. The second-order valence-electron chi connectivity index (χ2n) is 3.75. The highest BCUT2D eigenvalue weighted by Crippen LogP contribution is 2.37. The molecule has 1 aliphatic carbocycles. The smallest absolute Gasteiger partial charge is 0.158 e. The van der Waals surface area contributed by atoms with Crippen LogP contribution in [0.2, 0.25) is 0 Å². The first-order chi connectivity index (χ1) is 5.11. The molecule has 0 saturated heterocycles. The van der Waals surface area contributed by atoms with Gasteiger partial charge >= 0.3 is 0 Å². The summed E-state index contributed by atoms with van der Waals surface area (Å²) in [6, 6.07) is 0. The Morgan fingerprint density at radius 1 is 1.45 bits per heavy atom. The van der Waals surface area contributed by atoms with Gasteiger partial charge in [-0.2, -0.15) is 0 Å². The van der Waals surface area contributed by atoms with Crippen molar-refractivity contribution >= 4 is 5.78 Å². The summed E-state index contributed by atoms with van der Waals surface area (Å²) in [4.78, 5) is 11.4. The van der Waals surface area contributed by atoms with E-state index < -0.39 is 0 Å². The number of hydrogen-bond acceptors (Lipinski definition) is 1. The van der Waals surface area contributed by atoms with Gasteiger partial charge in [0.15, 0.2) is 5.78 Å². The molecule has 1 fully saturated rings. The number of carbonyl (C=O) groups is 1. The van der Waals surface area contributed by atoms with Crippen molar-refractivity contribution in [1.82, 2.24) is 0 Å². The summed E-state index contributed by atoms with van der Waals surface area (Å²) >= 11 is 0. The second kappa shape index (κ2) is 3.21. The molecule has 62 valence electrons. The molecule has 1 nitrogen and oxygen atoms in total. The van der Waals surface area contributed by atoms with Gasteiger partial charge in [-0.1, -0.05) is 12.5 Å². The van der Waals surface area contributed by atoms with Crippen molar-refractivity contribution in [2.45, 2.75) is 33.6 Å². The van der Waals surface area contributed by atoms with Gasteiger partial charge in [0.2, 0.25) is 0 Å². The zero-order chi connectivity index (χ0) is 8.43. The van der Waals surface area contributed by atoms with E-state index in [9.17, 15) is 4.79 Å². The summed E-state index contributed by atoms with van der Waals surface area (Å²) in [5.74, 6) is 1.27. The van der Waals surface area contributed by atoms with Gasteiger partial charge in [-0.15, -0.1) is 0 Å². The number of rotatable bonds is 3. The highest BCUT2D eigenvalue weighted by Gasteiger charge is 2.31. The molecule has 1 aliphatic rings. The van der Waals surface area contributed by atoms with Gasteiger partial charge < -0.3 is 0 Å². The fraction of sp³-hybridized carbons (Fsp3) is 0.700. The van der Waals surface area contributed by atoms with Crippen LogP contribution in [0.5, 0.6) is 0 Å². The average Bonchev–Trinajstić information content (AvgIpc) is 2.65. The molecule has 11 heavy (non-hydrogen) atoms. The Hall–Kier alpha value is -0.590. The zero-order valence-electron chi connectivity index (χ0n) is 7.55. The van der Waals surface area contributed by atoms with E-state index in [1.54, 1.807) is 6.08 Å². The topological polar surface area (TPSA) is 17.1 Å². The lowest BCUT2D eigenvalue weighted by atomic mass is 10.00. The number of ketones is 1. The summed E-state index contributed by atoms with van der Waals surface area (Å²) in [5, 5.41) is 0. The minimum absolute atomic E-state index is 0.268. The van der Waals surface area contributed by atoms with E-state index in [4.69, 9.17) is 0 Å². The molecule has 0 spiro atoms. The van der Waals surface area contributed by atoms with Gasteiger partial charge in [0.25, 0.3) is 0 Å². The van der Waals surface area contributed by atoms with E-state index in [1.165, 1.54) is 12.8 Å². The molecule has 0 amide bonds. The van der Waals surface area contributed by atoms with E-state index in [1.807, 2.05) is 20.8 Å². The van der Waals surface area contributed by atoms with Crippen molar-refractivity contribution in [2.75, 3.05) is 0 Å². The highest BCUT2D eigenvalue weighted by atomic mass is 16.1. The molecule has 0 heterocycles. The second-order valence-corrected chi connectivity index (χ2v) is 3.75. The maximum absolute atomic E-state index is 11.4. The Morgan fingerprint density at radius 3 is 2.36 bits per heavy atom. The number of allylic oxidation sites excluding steroid dienone is 2. The Morgan fingerprint density at radius 2 is 2.00 bits per heavy atom. The summed E-state index contributed by atoms with van der Waals surface area (Å²) < 4.78 is 0. The quantitative estimate of drug-likeness (QED) is 0.568. The minimum atomic E-state index is 0.268. The SMILES string of the molecule is CC(C)=CC(=O)C(C)C1CC1. The van der Waals surface area contributed by atoms with Crippen LogP contribution in [0.4, 0.5) is 0 Å². The molecule has 1 heteroatoms. The van der Waals surface area contributed by atoms with Crippen LogP contribution in [0.3, 0.4) is 0 Å². The van der Waals surface area contributed by atoms with Gasteiger partial charge in [0, 0.05) is 5.92 Å². The normalized spacial score (nSPS) is 19.2. The van der Waals surface area contributed by atoms with Crippen LogP contribution in [0.15, 0.2) is 11.6 Å². The molecular formula is C10H16O. The summed E-state index contributed by atoms with van der Waals surface area (Å²) in [6.07, 6.45) is 4.27. The molecule has 0 N–H and O–H groups in total. The Bertz CT molecular complexity index is 183. The molecule has 0 aromatic heterocycles. The van der Waals surface area contributed by atoms with Crippen molar-refractivity contribution in [3.63, 3.8) is 0 Å². The zero-order valence-corrected chi connectivity index (χ0v) is 7.55. The lowest BCUT2D eigenvalue weighted by molar-refractivity contribution is -0.118. The molecule has 1 atom stereocenters. The third-order valence-corrected chi connectivity index (χ3v) is 2.21. The van der Waals surface area contributed by atoms with E-state index >= 15 is 0 Å². The summed E-state index contributed by atoms with van der Waals surface area (Å²) in [5.41, 5.74) is 1.11. The van der Waals surface area contributed by atoms with Crippen LogP contribution in [-0.2, 0) is 4.79 Å². The Balaban J connectivity index is 2.46. The van der Waals surface area contributed by atoms with E-state index in [0.717, 1.165) is 5.57 Å². The third kappa shape index (κ3) is 2.49. The van der Waals surface area contributed by atoms with Crippen LogP contribution in [0, 0.1) is 11.8 Å². The summed E-state index contributed by atoms with van der Waals surface area (Å²) in [6.45, 7) is 5.98. The van der Waals surface area contributed by atoms with E-state index in [0.29, 0.717) is 11.7 Å². The monoisotopic (exact) mass is 152 g/mol. The highest BCUT2D eigenvalue weighted by molar-refractivity contribution is 5.92. The molecule has 1 rings (SSSR count). The lowest BCUT2D eigenvalue weighted by Gasteiger charge is -2.04. The molecular weight excluding hydrogens is 136 g/mol. The third-order valence-electron chi connectivity index (χ3n) is 2.21. The largest absolute Gasteiger partial charge is 0.295 e. The predicted octanol–water partition coefficient (Wildman–Crippen LogP) is 2.57. The standard InChI is InChI=1S/C10H16O/c1-7(2)6-10(11)8(3)9-4-5-9/h6,8-9H,4-5H2,1-3H3. The van der Waals surface area contributed by atoms with Crippen LogP contribution in [-0.4, -0.2) is 5.78 Å². The fourth-order valence-electron chi connectivity index (χ4n) is 1.24. The summed E-state index contributed by atoms with van der Waals surface area (Å²) in [7, 11) is 0. The first kappa shape index (κ1) is 8.51. The number of hydrogen-bond donors (Lipinski definition) is 0. The Labute approximate surface area is 68.5 Å². The maximum atomic E-state index is 11.4. The molecule has 0 radical (unpaired) electrons. The fourth-order valence-corrected chi connectivity index (χ4v) is 1.24. The lowest BCUT2D eigenvalue weighted by Crippen LogP contribution is -2.09. The van der Waals surface area contributed by atoms with Crippen molar-refractivity contribution in [3.8, 4) is 0 Å². The van der Waals surface area contributed by atoms with Crippen LogP contribution >= 0.6 is 0 Å². The van der Waals surface area contributed by atoms with Crippen molar-refractivity contribution in [3.05, 3.63) is 11.6 Å². The van der Waals surface area contributed by atoms with Gasteiger partial charge in [-0.3, -0.25) is 4.79 Å². The molecule has 0 aliphatic heterocycles. The molecule has 0 bridgehead atoms. The van der Waals surface area contributed by atoms with Gasteiger partial charge in [-0.25, -0.2) is 0 Å². The predicted molar refractivity (Wildman–Crippen MR) is 46.3 cm³/mol. The molecule has 1 saturated carbocycles. The van der Waals surface area contributed by atoms with Crippen LogP contribution in [0.1, 0.15) is 33.6 Å². The molecule has 1 unspecified atom stereocenters. The van der Waals surface area contributed by atoms with E-state index in [2.05, 4.69) is 0 Å². The minimum Gasteiger partial charge on any atom is -0.295 e. The maximum Gasteiger partial charge on any atom is 0.158 e. The Kier molecular flexibility index (Phi) is 2.48. The average molecular weight is 152 g/mol. The van der Waals surface area contributed by atoms with Gasteiger partial charge in [0.05, 0.1) is 0 Å². The van der Waals surface area contributed by atoms with Crippen LogP contribution < -0.4 is 0 Å². The van der Waals surface area contributed by atoms with Gasteiger partial charge in [-0.05, 0) is 38.7 Å². The van der Waals surface area contributed by atoms with Crippen molar-refractivity contribution < 1.29 is 4.79 Å². The van der Waals surface area contributed by atoms with Gasteiger partial charge in [0.1, 0.15) is 0 Å². The van der Waals surface area contributed by atoms with Crippen LogP contribution in [0.25, 0.3) is 0 Å². The molecule has 0 aromatic rings. The van der Waals surface area contributed by atoms with Crippen molar-refractivity contribution in [2.24, 2.45) is 11.8 Å². The van der Waals surface area contributed by atoms with E-state index in [-0.39, 0.29) is 5.92 Å². The molecule has 0 aromatic carbocycles.